The molecule has 3 aliphatic rings. The number of hydrazine groups is 1. The highest BCUT2D eigenvalue weighted by atomic mass is 35.5. The normalized spacial score (nSPS) is 22.5. The molecule has 3 aliphatic heterocycles. The van der Waals surface area contributed by atoms with Crippen LogP contribution in [0.4, 0.5) is 4.79 Å². The first kappa shape index (κ1) is 23.5. The second-order valence-electron chi connectivity index (χ2n) is 8.98. The third kappa shape index (κ3) is 4.71. The Morgan fingerprint density at radius 2 is 1.94 bits per heavy atom. The third-order valence-corrected chi connectivity index (χ3v) is 6.60. The Bertz CT molecular complexity index is 975. The molecule has 178 valence electrons. The largest absolute Gasteiger partial charge is 0.379 e. The van der Waals surface area contributed by atoms with Gasteiger partial charge in [-0.25, -0.2) is 9.80 Å². The summed E-state index contributed by atoms with van der Waals surface area (Å²) in [6.45, 7) is 6.51. The predicted molar refractivity (Wildman–Crippen MR) is 123 cm³/mol. The van der Waals surface area contributed by atoms with Crippen LogP contribution in [0, 0.1) is 5.92 Å². The van der Waals surface area contributed by atoms with E-state index >= 15 is 0 Å². The van der Waals surface area contributed by atoms with Gasteiger partial charge in [-0.1, -0.05) is 43.6 Å². The van der Waals surface area contributed by atoms with E-state index in [-0.39, 0.29) is 30.3 Å². The zero-order valence-electron chi connectivity index (χ0n) is 19.1. The van der Waals surface area contributed by atoms with Crippen molar-refractivity contribution in [3.8, 4) is 0 Å². The van der Waals surface area contributed by atoms with Crippen LogP contribution in [0.1, 0.15) is 31.9 Å². The minimum absolute atomic E-state index is 0.187. The summed E-state index contributed by atoms with van der Waals surface area (Å²) in [4.78, 5) is 42.8. The average Bonchev–Trinajstić information content (AvgIpc) is 3.13. The van der Waals surface area contributed by atoms with Gasteiger partial charge in [-0.15, -0.1) is 0 Å². The molecule has 0 bridgehead atoms. The Labute approximate surface area is 198 Å². The molecular weight excluding hydrogens is 446 g/mol. The number of carbonyl (C=O) groups is 3. The molecule has 0 aromatic heterocycles. The van der Waals surface area contributed by atoms with E-state index in [0.717, 1.165) is 0 Å². The molecular formula is C23H30ClN5O4. The van der Waals surface area contributed by atoms with Crippen LogP contribution in [0.2, 0.25) is 5.02 Å². The van der Waals surface area contributed by atoms with Crippen molar-refractivity contribution in [1.82, 2.24) is 25.6 Å². The molecule has 0 saturated carbocycles. The summed E-state index contributed by atoms with van der Waals surface area (Å²) < 4.78 is 5.35. The number of rotatable bonds is 6. The Hall–Kier alpha value is -2.62. The van der Waals surface area contributed by atoms with Gasteiger partial charge >= 0.3 is 6.03 Å². The Balaban J connectivity index is 1.63. The zero-order valence-corrected chi connectivity index (χ0v) is 19.9. The summed E-state index contributed by atoms with van der Waals surface area (Å²) in [6.07, 6.45) is 0.504. The average molecular weight is 476 g/mol. The lowest BCUT2D eigenvalue weighted by atomic mass is 9.95. The van der Waals surface area contributed by atoms with Crippen LogP contribution in [0.3, 0.4) is 0 Å². The maximum absolute atomic E-state index is 13.7. The second-order valence-corrected chi connectivity index (χ2v) is 9.38. The number of morpholine rings is 1. The van der Waals surface area contributed by atoms with Gasteiger partial charge in [0.2, 0.25) is 0 Å². The van der Waals surface area contributed by atoms with Gasteiger partial charge < -0.3 is 15.0 Å². The molecule has 10 heteroatoms. The van der Waals surface area contributed by atoms with Gasteiger partial charge in [0.1, 0.15) is 6.04 Å². The number of nitrogens with one attached hydrogen (secondary N) is 2. The fraction of sp³-hybridized carbons (Fsp3) is 0.522. The fourth-order valence-corrected chi connectivity index (χ4v) is 4.76. The first-order chi connectivity index (χ1) is 15.8. The summed E-state index contributed by atoms with van der Waals surface area (Å²) in [7, 11) is 1.63. The third-order valence-electron chi connectivity index (χ3n) is 6.26. The maximum Gasteiger partial charge on any atom is 0.322 e. The van der Waals surface area contributed by atoms with Crippen molar-refractivity contribution in [3.05, 3.63) is 46.1 Å². The summed E-state index contributed by atoms with van der Waals surface area (Å²) in [6, 6.07) is 5.51. The van der Waals surface area contributed by atoms with Crippen LogP contribution in [0.15, 0.2) is 35.5 Å². The smallest absolute Gasteiger partial charge is 0.322 e. The molecule has 9 nitrogen and oxygen atoms in total. The van der Waals surface area contributed by atoms with E-state index in [1.54, 1.807) is 30.1 Å². The first-order valence-corrected chi connectivity index (χ1v) is 11.6. The molecule has 2 N–H and O–H groups in total. The van der Waals surface area contributed by atoms with Gasteiger partial charge in [0.15, 0.2) is 0 Å². The first-order valence-electron chi connectivity index (χ1n) is 11.2. The standard InChI is InChI=1S/C23H30ClN5O4/c1-14(2)12-17(21(30)26-28-8-10-33-11-9-28)29-13-18-19(22(29)31)20(25-23(32)27(18)3)15-6-4-5-7-16(15)24/h4-7,14,17,20H,8-13H2,1-3H3,(H,25,32)(H,26,30). The molecule has 4 rings (SSSR count). The molecule has 4 amide bonds. The van der Waals surface area contributed by atoms with Crippen LogP contribution < -0.4 is 10.7 Å². The minimum Gasteiger partial charge on any atom is -0.379 e. The fourth-order valence-electron chi connectivity index (χ4n) is 4.51. The van der Waals surface area contributed by atoms with Crippen LogP contribution >= 0.6 is 11.6 Å². The SMILES string of the molecule is CC(C)CC(C(=O)NN1CCOCC1)N1CC2=C(C1=O)C(c1ccccc1Cl)NC(=O)N2C. The highest BCUT2D eigenvalue weighted by molar-refractivity contribution is 6.31. The van der Waals surface area contributed by atoms with Crippen molar-refractivity contribution >= 4 is 29.4 Å². The molecule has 1 fully saturated rings. The summed E-state index contributed by atoms with van der Waals surface area (Å²) >= 11 is 6.41. The number of ether oxygens (including phenoxy) is 1. The molecule has 2 atom stereocenters. The second kappa shape index (κ2) is 9.70. The van der Waals surface area contributed by atoms with Crippen molar-refractivity contribution in [1.29, 1.82) is 0 Å². The van der Waals surface area contributed by atoms with Gasteiger partial charge in [-0.05, 0) is 24.0 Å². The number of urea groups is 1. The lowest BCUT2D eigenvalue weighted by molar-refractivity contribution is -0.141. The maximum atomic E-state index is 13.7. The van der Waals surface area contributed by atoms with Crippen LogP contribution in [0.5, 0.6) is 0 Å². The van der Waals surface area contributed by atoms with E-state index in [1.165, 1.54) is 4.90 Å². The molecule has 1 aromatic carbocycles. The van der Waals surface area contributed by atoms with Gasteiger partial charge in [-0.2, -0.15) is 0 Å². The van der Waals surface area contributed by atoms with E-state index < -0.39 is 12.1 Å². The zero-order chi connectivity index (χ0) is 23.7. The molecule has 1 saturated heterocycles. The van der Waals surface area contributed by atoms with Crippen molar-refractivity contribution in [2.45, 2.75) is 32.4 Å². The van der Waals surface area contributed by atoms with Gasteiger partial charge in [0.05, 0.1) is 37.1 Å². The molecule has 1 aromatic rings. The summed E-state index contributed by atoms with van der Waals surface area (Å²) in [5.41, 5.74) is 4.67. The Kier molecular flexibility index (Phi) is 6.92. The minimum atomic E-state index is -0.670. The van der Waals surface area contributed by atoms with Crippen LogP contribution in [0.25, 0.3) is 0 Å². The van der Waals surface area contributed by atoms with Gasteiger partial charge in [0, 0.05) is 25.2 Å². The van der Waals surface area contributed by atoms with Crippen molar-refractivity contribution in [3.63, 3.8) is 0 Å². The van der Waals surface area contributed by atoms with Crippen LogP contribution in [-0.2, 0) is 14.3 Å². The lowest BCUT2D eigenvalue weighted by Crippen LogP contribution is -2.56. The lowest BCUT2D eigenvalue weighted by Gasteiger charge is -2.33. The highest BCUT2D eigenvalue weighted by Gasteiger charge is 2.46. The molecule has 3 heterocycles. The summed E-state index contributed by atoms with van der Waals surface area (Å²) in [5, 5.41) is 5.19. The molecule has 33 heavy (non-hydrogen) atoms. The summed E-state index contributed by atoms with van der Waals surface area (Å²) in [5.74, 6) is -0.299. The number of halogens is 1. The number of hydrogen-bond acceptors (Lipinski definition) is 5. The van der Waals surface area contributed by atoms with E-state index in [2.05, 4.69) is 10.7 Å². The van der Waals surface area contributed by atoms with Crippen molar-refractivity contribution < 1.29 is 19.1 Å². The number of likely N-dealkylation sites (N-methyl/N-ethyl adjacent to an activating group) is 1. The molecule has 0 spiro atoms. The van der Waals surface area contributed by atoms with Gasteiger partial charge in [-0.3, -0.25) is 19.9 Å². The van der Waals surface area contributed by atoms with Crippen molar-refractivity contribution in [2.75, 3.05) is 39.9 Å². The number of carbonyl (C=O) groups excluding carboxylic acids is 3. The molecule has 0 aliphatic carbocycles. The number of nitrogens with zero attached hydrogens (tertiary/aromatic N) is 3. The monoisotopic (exact) mass is 475 g/mol. The van der Waals surface area contributed by atoms with E-state index in [0.29, 0.717) is 54.6 Å². The topological polar surface area (TPSA) is 94.2 Å². The predicted octanol–water partition coefficient (Wildman–Crippen LogP) is 1.91. The highest BCUT2D eigenvalue weighted by Crippen LogP contribution is 2.39. The van der Waals surface area contributed by atoms with Gasteiger partial charge in [0.25, 0.3) is 11.8 Å². The quantitative estimate of drug-likeness (QED) is 0.655. The van der Waals surface area contributed by atoms with Crippen LogP contribution in [-0.4, -0.2) is 78.6 Å². The Morgan fingerprint density at radius 1 is 1.24 bits per heavy atom. The molecule has 2 unspecified atom stereocenters. The van der Waals surface area contributed by atoms with E-state index in [1.807, 2.05) is 24.9 Å². The van der Waals surface area contributed by atoms with E-state index in [9.17, 15) is 14.4 Å². The number of hydrogen-bond donors (Lipinski definition) is 2. The molecule has 0 radical (unpaired) electrons. The number of amides is 4. The van der Waals surface area contributed by atoms with Crippen molar-refractivity contribution in [2.24, 2.45) is 5.92 Å². The number of benzene rings is 1. The Morgan fingerprint density at radius 3 is 2.61 bits per heavy atom. The van der Waals surface area contributed by atoms with E-state index in [4.69, 9.17) is 16.3 Å².